The molecule has 0 aliphatic rings. The van der Waals surface area contributed by atoms with Gasteiger partial charge in [0, 0.05) is 23.2 Å². The van der Waals surface area contributed by atoms with Crippen LogP contribution in [-0.4, -0.2) is 4.92 Å². The second-order valence-electron chi connectivity index (χ2n) is 2.41. The first kappa shape index (κ1) is 9.91. The maximum atomic E-state index is 10.5. The number of nitrogens with two attached hydrogens (primary N) is 1. The van der Waals surface area contributed by atoms with Gasteiger partial charge in [0.25, 0.3) is 5.69 Å². The summed E-state index contributed by atoms with van der Waals surface area (Å²) in [5.74, 6) is 5.06. The molecule has 0 saturated heterocycles. The third kappa shape index (κ3) is 2.38. The number of benzene rings is 1. The van der Waals surface area contributed by atoms with Gasteiger partial charge in [-0.15, -0.1) is 0 Å². The highest BCUT2D eigenvalue weighted by molar-refractivity contribution is 6.30. The van der Waals surface area contributed by atoms with E-state index in [2.05, 4.69) is 5.43 Å². The summed E-state index contributed by atoms with van der Waals surface area (Å²) in [6.07, 6.45) is 0. The van der Waals surface area contributed by atoms with Crippen molar-refractivity contribution >= 4 is 17.3 Å². The lowest BCUT2D eigenvalue weighted by molar-refractivity contribution is -0.385. The van der Waals surface area contributed by atoms with E-state index in [4.69, 9.17) is 17.4 Å². The van der Waals surface area contributed by atoms with Crippen LogP contribution in [0.25, 0.3) is 0 Å². The van der Waals surface area contributed by atoms with Crippen molar-refractivity contribution in [1.29, 1.82) is 0 Å². The molecule has 1 aromatic rings. The van der Waals surface area contributed by atoms with Gasteiger partial charge in [-0.1, -0.05) is 11.6 Å². The van der Waals surface area contributed by atoms with Crippen LogP contribution in [0.5, 0.6) is 0 Å². The molecule has 1 aromatic carbocycles. The van der Waals surface area contributed by atoms with Gasteiger partial charge in [-0.3, -0.25) is 21.4 Å². The molecule has 0 heterocycles. The minimum atomic E-state index is -0.488. The van der Waals surface area contributed by atoms with E-state index in [1.807, 2.05) is 0 Å². The molecule has 6 heteroatoms. The Balaban J connectivity index is 3.10. The molecule has 70 valence electrons. The van der Waals surface area contributed by atoms with Crippen molar-refractivity contribution in [3.63, 3.8) is 0 Å². The predicted octanol–water partition coefficient (Wildman–Crippen LogP) is 1.21. The Morgan fingerprint density at radius 3 is 2.85 bits per heavy atom. The molecule has 1 rings (SSSR count). The molecule has 5 nitrogen and oxygen atoms in total. The van der Waals surface area contributed by atoms with Gasteiger partial charge in [-0.25, -0.2) is 0 Å². The predicted molar refractivity (Wildman–Crippen MR) is 49.1 cm³/mol. The van der Waals surface area contributed by atoms with Crippen LogP contribution in [0, 0.1) is 10.1 Å². The molecule has 0 atom stereocenters. The van der Waals surface area contributed by atoms with Gasteiger partial charge in [0.15, 0.2) is 0 Å². The smallest absolute Gasteiger partial charge is 0.271 e. The summed E-state index contributed by atoms with van der Waals surface area (Å²) in [6, 6.07) is 4.45. The first-order valence-electron chi connectivity index (χ1n) is 3.51. The number of nitrogens with zero attached hydrogens (tertiary/aromatic N) is 1. The largest absolute Gasteiger partial charge is 0.275 e. The van der Waals surface area contributed by atoms with Crippen LogP contribution in [0.15, 0.2) is 18.2 Å². The monoisotopic (exact) mass is 201 g/mol. The van der Waals surface area contributed by atoms with E-state index >= 15 is 0 Å². The summed E-state index contributed by atoms with van der Waals surface area (Å²) >= 11 is 5.60. The molecule has 0 amide bonds. The summed E-state index contributed by atoms with van der Waals surface area (Å²) in [5.41, 5.74) is 2.84. The molecule has 0 spiro atoms. The van der Waals surface area contributed by atoms with Crippen LogP contribution >= 0.6 is 11.6 Å². The SMILES string of the molecule is NNCc1ccc(Cl)cc1[N+](=O)[O-]. The molecule has 0 bridgehead atoms. The number of nitro benzene ring substituents is 1. The summed E-state index contributed by atoms with van der Waals surface area (Å²) in [7, 11) is 0. The normalized spacial score (nSPS) is 10.0. The van der Waals surface area contributed by atoms with Crippen LogP contribution in [0.1, 0.15) is 5.56 Å². The minimum Gasteiger partial charge on any atom is -0.271 e. The highest BCUT2D eigenvalue weighted by atomic mass is 35.5. The fraction of sp³-hybridized carbons (Fsp3) is 0.143. The van der Waals surface area contributed by atoms with E-state index in [9.17, 15) is 10.1 Å². The van der Waals surface area contributed by atoms with Crippen LogP contribution in [0.3, 0.4) is 0 Å². The maximum absolute atomic E-state index is 10.5. The van der Waals surface area contributed by atoms with Gasteiger partial charge in [0.05, 0.1) is 4.92 Å². The van der Waals surface area contributed by atoms with Crippen molar-refractivity contribution in [3.05, 3.63) is 38.9 Å². The highest BCUT2D eigenvalue weighted by Gasteiger charge is 2.12. The van der Waals surface area contributed by atoms with Crippen molar-refractivity contribution in [1.82, 2.24) is 5.43 Å². The Labute approximate surface area is 79.6 Å². The van der Waals surface area contributed by atoms with Gasteiger partial charge < -0.3 is 0 Å². The number of halogens is 1. The van der Waals surface area contributed by atoms with Gasteiger partial charge in [-0.2, -0.15) is 0 Å². The van der Waals surface area contributed by atoms with E-state index in [1.54, 1.807) is 12.1 Å². The molecule has 0 aliphatic carbocycles. The van der Waals surface area contributed by atoms with Crippen LogP contribution in [0.2, 0.25) is 5.02 Å². The van der Waals surface area contributed by atoms with Gasteiger partial charge in [-0.05, 0) is 12.1 Å². The Hall–Kier alpha value is -1.17. The van der Waals surface area contributed by atoms with Gasteiger partial charge in [0.1, 0.15) is 0 Å². The van der Waals surface area contributed by atoms with Gasteiger partial charge >= 0.3 is 0 Å². The number of hydrazine groups is 1. The zero-order chi connectivity index (χ0) is 9.84. The van der Waals surface area contributed by atoms with E-state index in [0.717, 1.165) is 0 Å². The fourth-order valence-corrected chi connectivity index (χ4v) is 1.13. The molecule has 0 saturated carbocycles. The van der Waals surface area contributed by atoms with E-state index in [0.29, 0.717) is 10.6 Å². The lowest BCUT2D eigenvalue weighted by Crippen LogP contribution is -2.21. The molecule has 0 aliphatic heterocycles. The second-order valence-corrected chi connectivity index (χ2v) is 2.85. The number of hydrogen-bond acceptors (Lipinski definition) is 4. The molecular weight excluding hydrogens is 194 g/mol. The Kier molecular flexibility index (Phi) is 3.18. The van der Waals surface area contributed by atoms with Crippen molar-refractivity contribution in [2.75, 3.05) is 0 Å². The molecule has 0 fully saturated rings. The number of nitro groups is 1. The number of nitrogens with one attached hydrogen (secondary N) is 1. The second kappa shape index (κ2) is 4.18. The Bertz CT molecular complexity index is 330. The highest BCUT2D eigenvalue weighted by Crippen LogP contribution is 2.22. The standard InChI is InChI=1S/C7H8ClN3O2/c8-6-2-1-5(4-10-9)7(3-6)11(12)13/h1-3,10H,4,9H2. The lowest BCUT2D eigenvalue weighted by atomic mass is 10.2. The summed E-state index contributed by atoms with van der Waals surface area (Å²) in [4.78, 5) is 10.0. The van der Waals surface area contributed by atoms with Crippen LogP contribution in [0.4, 0.5) is 5.69 Å². The average Bonchev–Trinajstić information content (AvgIpc) is 2.08. The van der Waals surface area contributed by atoms with Crippen molar-refractivity contribution < 1.29 is 4.92 Å². The number of rotatable bonds is 3. The van der Waals surface area contributed by atoms with E-state index < -0.39 is 4.92 Å². The quantitative estimate of drug-likeness (QED) is 0.438. The minimum absolute atomic E-state index is 0.0227. The first-order chi connectivity index (χ1) is 6.15. The zero-order valence-electron chi connectivity index (χ0n) is 6.66. The maximum Gasteiger partial charge on any atom is 0.275 e. The van der Waals surface area contributed by atoms with Crippen LogP contribution < -0.4 is 11.3 Å². The summed E-state index contributed by atoms with van der Waals surface area (Å²) in [5, 5.41) is 10.9. The van der Waals surface area contributed by atoms with Crippen molar-refractivity contribution in [2.45, 2.75) is 6.54 Å². The molecule has 0 aromatic heterocycles. The number of hydrogen-bond donors (Lipinski definition) is 2. The van der Waals surface area contributed by atoms with Gasteiger partial charge in [0.2, 0.25) is 0 Å². The fourth-order valence-electron chi connectivity index (χ4n) is 0.966. The third-order valence-corrected chi connectivity index (χ3v) is 1.77. The van der Waals surface area contributed by atoms with Crippen molar-refractivity contribution in [3.8, 4) is 0 Å². The third-order valence-electron chi connectivity index (χ3n) is 1.54. The molecule has 0 radical (unpaired) electrons. The lowest BCUT2D eigenvalue weighted by Gasteiger charge is -2.01. The van der Waals surface area contributed by atoms with Crippen LogP contribution in [-0.2, 0) is 6.54 Å². The molecular formula is C7H8ClN3O2. The van der Waals surface area contributed by atoms with E-state index in [-0.39, 0.29) is 12.2 Å². The molecule has 3 N–H and O–H groups in total. The molecule has 13 heavy (non-hydrogen) atoms. The molecule has 0 unspecified atom stereocenters. The Morgan fingerprint density at radius 2 is 2.31 bits per heavy atom. The average molecular weight is 202 g/mol. The zero-order valence-corrected chi connectivity index (χ0v) is 7.41. The Morgan fingerprint density at radius 1 is 1.62 bits per heavy atom. The van der Waals surface area contributed by atoms with E-state index in [1.165, 1.54) is 6.07 Å². The summed E-state index contributed by atoms with van der Waals surface area (Å²) in [6.45, 7) is 0.244. The van der Waals surface area contributed by atoms with Crippen molar-refractivity contribution in [2.24, 2.45) is 5.84 Å². The first-order valence-corrected chi connectivity index (χ1v) is 3.89. The topological polar surface area (TPSA) is 81.2 Å². The summed E-state index contributed by atoms with van der Waals surface area (Å²) < 4.78 is 0.